The fourth-order valence-corrected chi connectivity index (χ4v) is 9.48. The van der Waals surface area contributed by atoms with Gasteiger partial charge in [-0.15, -0.1) is 0 Å². The first kappa shape index (κ1) is 24.4. The largest absolute Gasteiger partial charge is 0.479 e. The average molecular weight is 455 g/mol. The first-order valence-corrected chi connectivity index (χ1v) is 12.9. The fraction of sp³-hybridized carbons (Fsp3) is 0.962. The number of hydrogen-bond acceptors (Lipinski definition) is 4. The third kappa shape index (κ3) is 3.46. The van der Waals surface area contributed by atoms with Crippen LogP contribution in [0.15, 0.2) is 0 Å². The Morgan fingerprint density at radius 2 is 1.75 bits per heavy atom. The van der Waals surface area contributed by atoms with E-state index in [1.807, 2.05) is 6.92 Å². The van der Waals surface area contributed by atoms with Crippen LogP contribution >= 0.6 is 0 Å². The van der Waals surface area contributed by atoms with Crippen molar-refractivity contribution in [1.82, 2.24) is 0 Å². The summed E-state index contributed by atoms with van der Waals surface area (Å²) in [5.41, 5.74) is -0.432. The minimum absolute atomic E-state index is 0.00313. The molecule has 0 aromatic rings. The Morgan fingerprint density at radius 1 is 1.06 bits per heavy atom. The van der Waals surface area contributed by atoms with Gasteiger partial charge in [-0.25, -0.2) is 9.18 Å². The summed E-state index contributed by atoms with van der Waals surface area (Å²) in [4.78, 5) is 11.1. The molecule has 184 valence electrons. The molecular weight excluding hydrogens is 411 g/mol. The van der Waals surface area contributed by atoms with E-state index >= 15 is 0 Å². The Labute approximate surface area is 191 Å². The van der Waals surface area contributed by atoms with Gasteiger partial charge in [0.25, 0.3) is 0 Å². The van der Waals surface area contributed by atoms with Crippen LogP contribution in [0.1, 0.15) is 79.1 Å². The van der Waals surface area contributed by atoms with Gasteiger partial charge < -0.3 is 20.4 Å². The number of carboxylic acid groups (broad SMARTS) is 1. The maximum Gasteiger partial charge on any atom is 0.338 e. The maximum absolute atomic E-state index is 14.0. The lowest BCUT2D eigenvalue weighted by Gasteiger charge is -2.65. The minimum Gasteiger partial charge on any atom is -0.479 e. The molecular formula is C26H43FO5. The monoisotopic (exact) mass is 454 g/mol. The molecule has 4 aliphatic carbocycles. The second-order valence-corrected chi connectivity index (χ2v) is 12.2. The first-order chi connectivity index (χ1) is 15.0. The molecule has 0 saturated heterocycles. The molecule has 0 spiro atoms. The molecule has 5 nitrogen and oxygen atoms in total. The molecule has 4 aliphatic rings. The highest BCUT2D eigenvalue weighted by molar-refractivity contribution is 5.72. The van der Waals surface area contributed by atoms with E-state index in [-0.39, 0.29) is 59.4 Å². The lowest BCUT2D eigenvalue weighted by atomic mass is 9.41. The number of rotatable bonds is 5. The number of carboxylic acids is 1. The van der Waals surface area contributed by atoms with Crippen LogP contribution in [0.25, 0.3) is 0 Å². The van der Waals surface area contributed by atoms with E-state index < -0.39 is 29.8 Å². The molecule has 0 bridgehead atoms. The summed E-state index contributed by atoms with van der Waals surface area (Å²) < 4.78 is 14.0. The Kier molecular flexibility index (Phi) is 6.48. The molecule has 0 aromatic heterocycles. The van der Waals surface area contributed by atoms with Crippen molar-refractivity contribution in [1.29, 1.82) is 0 Å². The van der Waals surface area contributed by atoms with Gasteiger partial charge in [-0.05, 0) is 97.2 Å². The Bertz CT molecular complexity index is 716. The van der Waals surface area contributed by atoms with E-state index in [9.17, 15) is 24.5 Å². The summed E-state index contributed by atoms with van der Waals surface area (Å²) in [5, 5.41) is 42.7. The van der Waals surface area contributed by atoms with Gasteiger partial charge in [-0.1, -0.05) is 34.1 Å². The van der Waals surface area contributed by atoms with Crippen molar-refractivity contribution < 1.29 is 29.6 Å². The number of halogens is 1. The smallest absolute Gasteiger partial charge is 0.338 e. The average Bonchev–Trinajstić information content (AvgIpc) is 3.09. The zero-order valence-corrected chi connectivity index (χ0v) is 20.1. The van der Waals surface area contributed by atoms with Crippen molar-refractivity contribution >= 4 is 5.97 Å². The van der Waals surface area contributed by atoms with E-state index in [0.29, 0.717) is 6.42 Å². The third-order valence-electron chi connectivity index (χ3n) is 11.1. The third-order valence-corrected chi connectivity index (χ3v) is 11.1. The Hall–Kier alpha value is -0.720. The molecule has 4 fully saturated rings. The molecule has 0 unspecified atom stereocenters. The maximum atomic E-state index is 14.0. The van der Waals surface area contributed by atoms with Crippen LogP contribution < -0.4 is 0 Å². The van der Waals surface area contributed by atoms with Gasteiger partial charge in [0.1, 0.15) is 0 Å². The fourth-order valence-electron chi connectivity index (χ4n) is 9.48. The van der Waals surface area contributed by atoms with Crippen LogP contribution in [0.5, 0.6) is 0 Å². The SMILES string of the molecule is CC[C@H]1[C@@H](O)[C@@H]2[C@H](C[C@H](O)[C@]3(C)[C@@H]([C@H](C)C[C@@H](F)C(=O)O)CC[C@@H]23)[C@@]2(C)CC[C@@H](O)C[C@@H]12. The number of aliphatic carboxylic acids is 1. The van der Waals surface area contributed by atoms with Crippen LogP contribution in [0.3, 0.4) is 0 Å². The van der Waals surface area contributed by atoms with Crippen molar-refractivity contribution in [3.05, 3.63) is 0 Å². The summed E-state index contributed by atoms with van der Waals surface area (Å²) in [7, 11) is 0. The molecule has 6 heteroatoms. The van der Waals surface area contributed by atoms with Gasteiger partial charge in [-0.3, -0.25) is 0 Å². The number of aliphatic hydroxyl groups excluding tert-OH is 3. The molecule has 0 aromatic carbocycles. The molecule has 4 rings (SSSR count). The van der Waals surface area contributed by atoms with Gasteiger partial charge in [0.2, 0.25) is 0 Å². The molecule has 32 heavy (non-hydrogen) atoms. The highest BCUT2D eigenvalue weighted by Crippen LogP contribution is 2.69. The van der Waals surface area contributed by atoms with Crippen LogP contribution in [0.4, 0.5) is 4.39 Å². The second-order valence-electron chi connectivity index (χ2n) is 12.2. The molecule has 13 atom stereocenters. The number of hydrogen-bond donors (Lipinski definition) is 4. The Balaban J connectivity index is 1.66. The molecule has 0 radical (unpaired) electrons. The van der Waals surface area contributed by atoms with Gasteiger partial charge in [0.05, 0.1) is 18.3 Å². The lowest BCUT2D eigenvalue weighted by molar-refractivity contribution is -0.228. The van der Waals surface area contributed by atoms with Gasteiger partial charge in [-0.2, -0.15) is 0 Å². The van der Waals surface area contributed by atoms with Crippen molar-refractivity contribution in [2.75, 3.05) is 0 Å². The van der Waals surface area contributed by atoms with Crippen LogP contribution in [-0.4, -0.2) is 50.9 Å². The minimum atomic E-state index is -1.88. The summed E-state index contributed by atoms with van der Waals surface area (Å²) >= 11 is 0. The predicted molar refractivity (Wildman–Crippen MR) is 119 cm³/mol. The van der Waals surface area contributed by atoms with E-state index in [0.717, 1.165) is 38.5 Å². The number of alkyl halides is 1. The summed E-state index contributed by atoms with van der Waals surface area (Å²) in [6.07, 6.45) is 2.51. The molecule has 0 aliphatic heterocycles. The van der Waals surface area contributed by atoms with Crippen LogP contribution in [0, 0.1) is 52.3 Å². The number of aliphatic hydroxyl groups is 3. The molecule has 0 amide bonds. The molecule has 0 heterocycles. The van der Waals surface area contributed by atoms with Gasteiger partial charge in [0.15, 0.2) is 6.17 Å². The van der Waals surface area contributed by atoms with E-state index in [2.05, 4.69) is 20.8 Å². The Morgan fingerprint density at radius 3 is 2.38 bits per heavy atom. The van der Waals surface area contributed by atoms with E-state index in [1.165, 1.54) is 0 Å². The summed E-state index contributed by atoms with van der Waals surface area (Å²) in [6.45, 7) is 8.52. The summed E-state index contributed by atoms with van der Waals surface area (Å²) in [5.74, 6) is -0.619. The zero-order valence-electron chi connectivity index (χ0n) is 20.1. The van der Waals surface area contributed by atoms with E-state index in [1.54, 1.807) is 0 Å². The summed E-state index contributed by atoms with van der Waals surface area (Å²) in [6, 6.07) is 0. The van der Waals surface area contributed by atoms with Gasteiger partial charge >= 0.3 is 5.97 Å². The second kappa shape index (κ2) is 8.49. The normalized spacial score (nSPS) is 52.4. The predicted octanol–water partition coefficient (Wildman–Crippen LogP) is 4.03. The van der Waals surface area contributed by atoms with Crippen LogP contribution in [-0.2, 0) is 4.79 Å². The van der Waals surface area contributed by atoms with Crippen molar-refractivity contribution in [3.8, 4) is 0 Å². The highest BCUT2D eigenvalue weighted by atomic mass is 19.1. The quantitative estimate of drug-likeness (QED) is 0.503. The van der Waals surface area contributed by atoms with Crippen LogP contribution in [0.2, 0.25) is 0 Å². The van der Waals surface area contributed by atoms with E-state index in [4.69, 9.17) is 5.11 Å². The standard InChI is InChI=1S/C26H43FO5/c1-5-15-18-11-14(28)8-9-25(18,3)19-12-21(29)26(4)16(13(2)10-20(27)24(31)32)6-7-17(26)22(19)23(15)30/h13-23,28-30H,5-12H2,1-4H3,(H,31,32)/t13-,14-,15-,16-,17+,18+,19+,20-,21+,22+,23-,25+,26-/m1/s1. The van der Waals surface area contributed by atoms with Crippen molar-refractivity contribution in [2.45, 2.75) is 104 Å². The number of carbonyl (C=O) groups is 1. The topological polar surface area (TPSA) is 98.0 Å². The molecule has 4 N–H and O–H groups in total. The van der Waals surface area contributed by atoms with Crippen molar-refractivity contribution in [3.63, 3.8) is 0 Å². The lowest BCUT2D eigenvalue weighted by Crippen LogP contribution is -2.65. The highest BCUT2D eigenvalue weighted by Gasteiger charge is 2.67. The zero-order chi connectivity index (χ0) is 23.6. The number of fused-ring (bicyclic) bond motifs is 5. The molecule has 4 saturated carbocycles. The van der Waals surface area contributed by atoms with Crippen molar-refractivity contribution in [2.24, 2.45) is 52.3 Å². The van der Waals surface area contributed by atoms with Gasteiger partial charge in [0, 0.05) is 0 Å². The first-order valence-electron chi connectivity index (χ1n) is 12.9.